The van der Waals surface area contributed by atoms with E-state index in [1.165, 1.54) is 12.3 Å². The van der Waals surface area contributed by atoms with Crippen LogP contribution in [0.15, 0.2) is 48.7 Å². The van der Waals surface area contributed by atoms with Crippen molar-refractivity contribution < 1.29 is 18.0 Å². The molecule has 2 aromatic heterocycles. The van der Waals surface area contributed by atoms with Crippen LogP contribution in [0.2, 0.25) is 0 Å². The Balaban J connectivity index is 1.39. The molecule has 3 heterocycles. The third-order valence-corrected chi connectivity index (χ3v) is 8.01. The predicted octanol–water partition coefficient (Wildman–Crippen LogP) is 6.71. The van der Waals surface area contributed by atoms with Gasteiger partial charge in [-0.2, -0.15) is 5.26 Å². The number of likely N-dealkylation sites (tertiary alicyclic amines) is 1. The minimum atomic E-state index is -0.780. The number of hydrogen-bond donors (Lipinski definition) is 3. The molecule has 1 saturated heterocycles. The van der Waals surface area contributed by atoms with Gasteiger partial charge in [-0.1, -0.05) is 30.3 Å². The molecule has 2 fully saturated rings. The number of nitrogens with one attached hydrogen (secondary N) is 3. The van der Waals surface area contributed by atoms with Crippen LogP contribution in [0.5, 0.6) is 0 Å². The van der Waals surface area contributed by atoms with Crippen molar-refractivity contribution in [3.63, 3.8) is 0 Å². The zero-order chi connectivity index (χ0) is 28.5. The fourth-order valence-electron chi connectivity index (χ4n) is 6.02. The lowest BCUT2D eigenvalue weighted by atomic mass is 9.90. The van der Waals surface area contributed by atoms with Crippen molar-refractivity contribution in [1.29, 1.82) is 5.26 Å². The molecule has 6 rings (SSSR count). The standard InChI is InChI=1S/C31H29F3N6O/c32-19-13-22-24(17-36-29(22)25(33)14-19)28-23(16-35)26(18-7-2-1-3-8-18)27(34)30(39-28)37-20-9-6-10-21(15-20)38-31(41)40-11-4-5-12-40/h1-3,7-8,13-14,17,20-21,36H,4-6,9-12,15H2,(H,37,39)(H,38,41). The van der Waals surface area contributed by atoms with Gasteiger partial charge in [0.1, 0.15) is 17.7 Å². The Morgan fingerprint density at radius 2 is 1.80 bits per heavy atom. The van der Waals surface area contributed by atoms with E-state index in [9.17, 15) is 18.8 Å². The summed E-state index contributed by atoms with van der Waals surface area (Å²) in [7, 11) is 0. The molecular formula is C31H29F3N6O. The van der Waals surface area contributed by atoms with Crippen LogP contribution < -0.4 is 10.6 Å². The first-order valence-electron chi connectivity index (χ1n) is 13.9. The van der Waals surface area contributed by atoms with E-state index >= 15 is 4.39 Å². The first-order chi connectivity index (χ1) is 19.9. The van der Waals surface area contributed by atoms with Gasteiger partial charge >= 0.3 is 6.03 Å². The molecule has 2 amide bonds. The average molecular weight is 559 g/mol. The molecule has 2 aliphatic rings. The molecule has 0 radical (unpaired) electrons. The van der Waals surface area contributed by atoms with Crippen LogP contribution in [-0.2, 0) is 0 Å². The summed E-state index contributed by atoms with van der Waals surface area (Å²) in [6.07, 6.45) is 6.46. The van der Waals surface area contributed by atoms with Crippen molar-refractivity contribution in [3.8, 4) is 28.5 Å². The highest BCUT2D eigenvalue weighted by molar-refractivity contribution is 5.98. The maximum absolute atomic E-state index is 16.3. The van der Waals surface area contributed by atoms with Gasteiger partial charge in [0.25, 0.3) is 0 Å². The molecule has 1 aliphatic carbocycles. The van der Waals surface area contributed by atoms with Crippen LogP contribution in [0.1, 0.15) is 44.1 Å². The van der Waals surface area contributed by atoms with E-state index in [0.29, 0.717) is 12.0 Å². The van der Waals surface area contributed by atoms with Crippen molar-refractivity contribution in [1.82, 2.24) is 20.2 Å². The first kappa shape index (κ1) is 26.7. The summed E-state index contributed by atoms with van der Waals surface area (Å²) in [6, 6.07) is 12.4. The van der Waals surface area contributed by atoms with Crippen molar-refractivity contribution in [3.05, 3.63) is 71.7 Å². The van der Waals surface area contributed by atoms with Crippen molar-refractivity contribution in [2.45, 2.75) is 50.6 Å². The van der Waals surface area contributed by atoms with Gasteiger partial charge in [-0.25, -0.2) is 22.9 Å². The fraction of sp³-hybridized carbons (Fsp3) is 0.323. The summed E-state index contributed by atoms with van der Waals surface area (Å²) < 4.78 is 45.0. The van der Waals surface area contributed by atoms with Crippen LogP contribution in [-0.4, -0.2) is 46.1 Å². The van der Waals surface area contributed by atoms with Crippen LogP contribution >= 0.6 is 0 Å². The molecule has 41 heavy (non-hydrogen) atoms. The van der Waals surface area contributed by atoms with E-state index in [-0.39, 0.29) is 57.2 Å². The third kappa shape index (κ3) is 5.20. The molecule has 0 bridgehead atoms. The second-order valence-electron chi connectivity index (χ2n) is 10.7. The molecule has 2 unspecified atom stereocenters. The minimum absolute atomic E-state index is 0.0378. The number of nitrogens with zero attached hydrogens (tertiary/aromatic N) is 3. The number of H-pyrrole nitrogens is 1. The first-order valence-corrected chi connectivity index (χ1v) is 13.9. The summed E-state index contributed by atoms with van der Waals surface area (Å²) in [4.78, 5) is 21.9. The second kappa shape index (κ2) is 11.2. The third-order valence-electron chi connectivity index (χ3n) is 8.01. The lowest BCUT2D eigenvalue weighted by Crippen LogP contribution is -2.47. The van der Waals surface area contributed by atoms with Crippen LogP contribution in [0.4, 0.5) is 23.8 Å². The maximum Gasteiger partial charge on any atom is 0.317 e. The topological polar surface area (TPSA) is 96.8 Å². The number of pyridine rings is 1. The number of nitriles is 1. The van der Waals surface area contributed by atoms with Gasteiger partial charge in [-0.05, 0) is 50.2 Å². The Bertz CT molecular complexity index is 1640. The number of aromatic nitrogens is 2. The number of amides is 2. The van der Waals surface area contributed by atoms with Gasteiger partial charge in [-0.15, -0.1) is 0 Å². The van der Waals surface area contributed by atoms with E-state index < -0.39 is 17.5 Å². The minimum Gasteiger partial charge on any atom is -0.365 e. The normalized spacial score (nSPS) is 18.8. The Kier molecular flexibility index (Phi) is 7.26. The number of urea groups is 1. The molecule has 3 N–H and O–H groups in total. The van der Waals surface area contributed by atoms with Crippen LogP contribution in [0, 0.1) is 28.8 Å². The quantitative estimate of drug-likeness (QED) is 0.254. The van der Waals surface area contributed by atoms with Gasteiger partial charge in [0.05, 0.1) is 16.8 Å². The van der Waals surface area contributed by atoms with E-state index in [4.69, 9.17) is 0 Å². The second-order valence-corrected chi connectivity index (χ2v) is 10.7. The van der Waals surface area contributed by atoms with Crippen LogP contribution in [0.3, 0.4) is 0 Å². The number of anilines is 1. The van der Waals surface area contributed by atoms with Gasteiger partial charge < -0.3 is 20.5 Å². The zero-order valence-electron chi connectivity index (χ0n) is 22.3. The Hall–Kier alpha value is -4.52. The number of carbonyl (C=O) groups excluding carboxylic acids is 1. The summed E-state index contributed by atoms with van der Waals surface area (Å²) in [5.74, 6) is -2.29. The lowest BCUT2D eigenvalue weighted by molar-refractivity contribution is 0.199. The Labute approximate surface area is 235 Å². The van der Waals surface area contributed by atoms with E-state index in [1.807, 2.05) is 4.90 Å². The largest absolute Gasteiger partial charge is 0.365 e. The summed E-state index contributed by atoms with van der Waals surface area (Å²) in [6.45, 7) is 1.51. The molecule has 1 aliphatic heterocycles. The monoisotopic (exact) mass is 558 g/mol. The number of hydrogen-bond acceptors (Lipinski definition) is 4. The van der Waals surface area contributed by atoms with E-state index in [0.717, 1.165) is 51.3 Å². The SMILES string of the molecule is N#Cc1c(-c2c[nH]c3c(F)cc(F)cc23)nc(NC2CCCC(NC(=O)N3CCCC3)C2)c(F)c1-c1ccccc1. The lowest BCUT2D eigenvalue weighted by Gasteiger charge is -2.32. The molecule has 2 aromatic carbocycles. The summed E-state index contributed by atoms with van der Waals surface area (Å²) in [5.41, 5.74) is 0.961. The number of rotatable bonds is 5. The molecule has 210 valence electrons. The number of carbonyl (C=O) groups is 1. The van der Waals surface area contributed by atoms with Crippen molar-refractivity contribution >= 4 is 22.8 Å². The fourth-order valence-corrected chi connectivity index (χ4v) is 6.02. The summed E-state index contributed by atoms with van der Waals surface area (Å²) >= 11 is 0. The van der Waals surface area contributed by atoms with Gasteiger partial charge in [0.15, 0.2) is 11.6 Å². The van der Waals surface area contributed by atoms with Gasteiger partial charge in [-0.3, -0.25) is 0 Å². The highest BCUT2D eigenvalue weighted by Crippen LogP contribution is 2.39. The number of benzene rings is 2. The number of halogens is 3. The van der Waals surface area contributed by atoms with Gasteiger partial charge in [0, 0.05) is 53.9 Å². The molecular weight excluding hydrogens is 529 g/mol. The van der Waals surface area contributed by atoms with Gasteiger partial charge in [0.2, 0.25) is 0 Å². The number of fused-ring (bicyclic) bond motifs is 1. The Morgan fingerprint density at radius 3 is 2.56 bits per heavy atom. The van der Waals surface area contributed by atoms with Crippen LogP contribution in [0.25, 0.3) is 33.3 Å². The molecule has 2 atom stereocenters. The maximum atomic E-state index is 16.3. The molecule has 0 spiro atoms. The molecule has 1 saturated carbocycles. The van der Waals surface area contributed by atoms with Crippen molar-refractivity contribution in [2.75, 3.05) is 18.4 Å². The summed E-state index contributed by atoms with van der Waals surface area (Å²) in [5, 5.41) is 16.8. The Morgan fingerprint density at radius 1 is 1.05 bits per heavy atom. The number of aromatic amines is 1. The van der Waals surface area contributed by atoms with E-state index in [1.54, 1.807) is 30.3 Å². The highest BCUT2D eigenvalue weighted by Gasteiger charge is 2.29. The smallest absolute Gasteiger partial charge is 0.317 e. The van der Waals surface area contributed by atoms with E-state index in [2.05, 4.69) is 26.7 Å². The van der Waals surface area contributed by atoms with Crippen molar-refractivity contribution in [2.24, 2.45) is 0 Å². The zero-order valence-corrected chi connectivity index (χ0v) is 22.3. The molecule has 4 aromatic rings. The molecule has 10 heteroatoms. The average Bonchev–Trinajstić information content (AvgIpc) is 3.66. The highest BCUT2D eigenvalue weighted by atomic mass is 19.1. The predicted molar refractivity (Wildman–Crippen MR) is 151 cm³/mol. The molecule has 7 nitrogen and oxygen atoms in total.